The van der Waals surface area contributed by atoms with Gasteiger partial charge in [0.05, 0.1) is 13.2 Å². The van der Waals surface area contributed by atoms with E-state index in [-0.39, 0.29) is 18.2 Å². The molecule has 0 atom stereocenters. The Kier molecular flexibility index (Phi) is 6.04. The number of Topliss-reactive ketones (excluding diaryl/α,β-unsaturated/α-hetero) is 1. The van der Waals surface area contributed by atoms with E-state index in [1.807, 2.05) is 0 Å². The van der Waals surface area contributed by atoms with E-state index in [0.29, 0.717) is 35.8 Å². The average molecular weight is 369 g/mol. The van der Waals surface area contributed by atoms with Crippen LogP contribution in [0.3, 0.4) is 0 Å². The number of esters is 1. The number of amides is 1. The van der Waals surface area contributed by atoms with Crippen molar-refractivity contribution in [3.63, 3.8) is 0 Å². The zero-order valence-electron chi connectivity index (χ0n) is 14.6. The van der Waals surface area contributed by atoms with E-state index in [1.54, 1.807) is 48.5 Å². The molecule has 27 heavy (non-hydrogen) atoms. The van der Waals surface area contributed by atoms with Gasteiger partial charge in [0, 0.05) is 17.5 Å². The maximum atomic E-state index is 12.2. The molecular formula is C20H19NO6. The topological polar surface area (TPSA) is 90.9 Å². The molecule has 0 saturated carbocycles. The smallest absolute Gasteiger partial charge is 0.325 e. The van der Waals surface area contributed by atoms with Gasteiger partial charge in [-0.05, 0) is 30.3 Å². The first-order chi connectivity index (χ1) is 13.1. The predicted molar refractivity (Wildman–Crippen MR) is 96.1 cm³/mol. The first-order valence-electron chi connectivity index (χ1n) is 8.55. The lowest BCUT2D eigenvalue weighted by molar-refractivity contribution is -0.141. The Morgan fingerprint density at radius 3 is 2.44 bits per heavy atom. The summed E-state index contributed by atoms with van der Waals surface area (Å²) < 4.78 is 16.0. The number of carbonyl (C=O) groups is 3. The summed E-state index contributed by atoms with van der Waals surface area (Å²) in [4.78, 5) is 35.8. The monoisotopic (exact) mass is 369 g/mol. The molecule has 1 amide bonds. The quantitative estimate of drug-likeness (QED) is 0.619. The summed E-state index contributed by atoms with van der Waals surface area (Å²) in [6, 6.07) is 13.3. The summed E-state index contributed by atoms with van der Waals surface area (Å²) in [5.74, 6) is -0.360. The number of ketones is 1. The van der Waals surface area contributed by atoms with Gasteiger partial charge >= 0.3 is 5.97 Å². The summed E-state index contributed by atoms with van der Waals surface area (Å²) in [6.07, 6.45) is 0.768. The van der Waals surface area contributed by atoms with Gasteiger partial charge in [-0.2, -0.15) is 0 Å². The number of fused-ring (bicyclic) bond motifs is 1. The molecule has 1 heterocycles. The summed E-state index contributed by atoms with van der Waals surface area (Å²) >= 11 is 0. The van der Waals surface area contributed by atoms with Crippen LogP contribution in [0.1, 0.15) is 27.1 Å². The summed E-state index contributed by atoms with van der Waals surface area (Å²) in [5.41, 5.74) is 0.800. The van der Waals surface area contributed by atoms with Crippen LogP contribution in [0, 0.1) is 0 Å². The molecule has 7 heteroatoms. The molecule has 1 aliphatic heterocycles. The summed E-state index contributed by atoms with van der Waals surface area (Å²) in [7, 11) is 0. The minimum absolute atomic E-state index is 0.317. The van der Waals surface area contributed by atoms with Gasteiger partial charge in [0.2, 0.25) is 0 Å². The maximum Gasteiger partial charge on any atom is 0.325 e. The second-order valence-corrected chi connectivity index (χ2v) is 5.84. The second kappa shape index (κ2) is 8.84. The van der Waals surface area contributed by atoms with Crippen molar-refractivity contribution < 1.29 is 28.6 Å². The molecule has 3 rings (SSSR count). The minimum Gasteiger partial charge on any atom is -0.490 e. The van der Waals surface area contributed by atoms with Gasteiger partial charge in [-0.1, -0.05) is 18.2 Å². The Morgan fingerprint density at radius 1 is 0.926 bits per heavy atom. The van der Waals surface area contributed by atoms with Crippen molar-refractivity contribution in [2.24, 2.45) is 0 Å². The predicted octanol–water partition coefficient (Wildman–Crippen LogP) is 2.00. The molecule has 2 aromatic carbocycles. The molecule has 0 radical (unpaired) electrons. The third-order valence-electron chi connectivity index (χ3n) is 3.86. The molecule has 0 spiro atoms. The lowest BCUT2D eigenvalue weighted by Gasteiger charge is -2.09. The van der Waals surface area contributed by atoms with E-state index in [2.05, 4.69) is 5.32 Å². The highest BCUT2D eigenvalue weighted by Gasteiger charge is 2.16. The molecule has 140 valence electrons. The first-order valence-corrected chi connectivity index (χ1v) is 8.55. The molecule has 1 aliphatic rings. The number of ether oxygens (including phenoxy) is 3. The van der Waals surface area contributed by atoms with Gasteiger partial charge in [-0.25, -0.2) is 0 Å². The van der Waals surface area contributed by atoms with Crippen LogP contribution < -0.4 is 14.8 Å². The number of carbonyl (C=O) groups excluding carboxylic acids is 3. The van der Waals surface area contributed by atoms with Crippen molar-refractivity contribution >= 4 is 17.7 Å². The number of hydrogen-bond donors (Lipinski definition) is 1. The van der Waals surface area contributed by atoms with Gasteiger partial charge in [-0.15, -0.1) is 0 Å². The van der Waals surface area contributed by atoms with Crippen molar-refractivity contribution in [3.05, 3.63) is 59.7 Å². The summed E-state index contributed by atoms with van der Waals surface area (Å²) in [6.45, 7) is 0.342. The highest BCUT2D eigenvalue weighted by molar-refractivity contribution is 5.99. The van der Waals surface area contributed by atoms with Crippen LogP contribution in [0.2, 0.25) is 0 Å². The Labute approximate surface area is 156 Å². The fraction of sp³-hybridized carbons (Fsp3) is 0.250. The van der Waals surface area contributed by atoms with Crippen molar-refractivity contribution in [1.29, 1.82) is 0 Å². The van der Waals surface area contributed by atoms with E-state index < -0.39 is 12.6 Å². The lowest BCUT2D eigenvalue weighted by Crippen LogP contribution is -2.31. The van der Waals surface area contributed by atoms with Crippen LogP contribution in [-0.2, 0) is 9.53 Å². The molecule has 7 nitrogen and oxygen atoms in total. The average Bonchev–Trinajstić information content (AvgIpc) is 2.95. The Morgan fingerprint density at radius 2 is 1.67 bits per heavy atom. The van der Waals surface area contributed by atoms with Crippen LogP contribution in [0.4, 0.5) is 0 Å². The number of nitrogens with one attached hydrogen (secondary N) is 1. The minimum atomic E-state index is -0.693. The molecule has 2 aromatic rings. The molecule has 0 bridgehead atoms. The molecule has 0 aromatic heterocycles. The SMILES string of the molecule is O=C(CNC(=O)c1ccccc1)OCC(=O)c1ccc2c(c1)OCCCO2. The fourth-order valence-electron chi connectivity index (χ4n) is 2.46. The van der Waals surface area contributed by atoms with Gasteiger partial charge < -0.3 is 19.5 Å². The zero-order valence-corrected chi connectivity index (χ0v) is 14.6. The van der Waals surface area contributed by atoms with E-state index in [4.69, 9.17) is 14.2 Å². The maximum absolute atomic E-state index is 12.2. The molecule has 0 fully saturated rings. The van der Waals surface area contributed by atoms with Gasteiger partial charge in [0.25, 0.3) is 5.91 Å². The second-order valence-electron chi connectivity index (χ2n) is 5.84. The van der Waals surface area contributed by atoms with Crippen molar-refractivity contribution in [3.8, 4) is 11.5 Å². The van der Waals surface area contributed by atoms with Gasteiger partial charge in [0.15, 0.2) is 23.9 Å². The Bertz CT molecular complexity index is 834. The first kappa shape index (κ1) is 18.4. The highest BCUT2D eigenvalue weighted by atomic mass is 16.5. The van der Waals surface area contributed by atoms with E-state index >= 15 is 0 Å². The summed E-state index contributed by atoms with van der Waals surface area (Å²) in [5, 5.41) is 2.45. The van der Waals surface area contributed by atoms with Crippen LogP contribution in [0.15, 0.2) is 48.5 Å². The highest BCUT2D eigenvalue weighted by Crippen LogP contribution is 2.30. The van der Waals surface area contributed by atoms with Crippen LogP contribution in [0.5, 0.6) is 11.5 Å². The van der Waals surface area contributed by atoms with E-state index in [9.17, 15) is 14.4 Å². The van der Waals surface area contributed by atoms with Crippen LogP contribution in [-0.4, -0.2) is 44.0 Å². The number of rotatable bonds is 6. The molecule has 0 saturated heterocycles. The lowest BCUT2D eigenvalue weighted by atomic mass is 10.1. The Hall–Kier alpha value is -3.35. The van der Waals surface area contributed by atoms with Crippen molar-refractivity contribution in [1.82, 2.24) is 5.32 Å². The van der Waals surface area contributed by atoms with E-state index in [1.165, 1.54) is 0 Å². The molecule has 0 aliphatic carbocycles. The molecule has 0 unspecified atom stereocenters. The Balaban J connectivity index is 1.48. The van der Waals surface area contributed by atoms with Crippen LogP contribution >= 0.6 is 0 Å². The van der Waals surface area contributed by atoms with E-state index in [0.717, 1.165) is 6.42 Å². The van der Waals surface area contributed by atoms with Crippen molar-refractivity contribution in [2.75, 3.05) is 26.4 Å². The van der Waals surface area contributed by atoms with Crippen LogP contribution in [0.25, 0.3) is 0 Å². The largest absolute Gasteiger partial charge is 0.490 e. The standard InChI is InChI=1S/C20H19NO6/c22-16(15-7-8-17-18(11-15)26-10-4-9-25-17)13-27-19(23)12-21-20(24)14-5-2-1-3-6-14/h1-3,5-8,11H,4,9-10,12-13H2,(H,21,24). The number of benzene rings is 2. The normalized spacial score (nSPS) is 12.6. The fourth-order valence-corrected chi connectivity index (χ4v) is 2.46. The molecule has 1 N–H and O–H groups in total. The number of hydrogen-bond acceptors (Lipinski definition) is 6. The zero-order chi connectivity index (χ0) is 19.1. The van der Waals surface area contributed by atoms with Crippen molar-refractivity contribution in [2.45, 2.75) is 6.42 Å². The third kappa shape index (κ3) is 5.07. The molecular weight excluding hydrogens is 350 g/mol. The van der Waals surface area contributed by atoms with Gasteiger partial charge in [0.1, 0.15) is 6.54 Å². The third-order valence-corrected chi connectivity index (χ3v) is 3.86. The van der Waals surface area contributed by atoms with Gasteiger partial charge in [-0.3, -0.25) is 14.4 Å².